The lowest BCUT2D eigenvalue weighted by atomic mass is 10.5. The minimum absolute atomic E-state index is 0.00946. The molecule has 0 spiro atoms. The van der Waals surface area contributed by atoms with Crippen LogP contribution in [0.4, 0.5) is 13.2 Å². The zero-order chi connectivity index (χ0) is 16.8. The van der Waals surface area contributed by atoms with Gasteiger partial charge >= 0.3 is 6.18 Å². The number of hydrogen-bond acceptors (Lipinski definition) is 5. The average Bonchev–Trinajstić information content (AvgIpc) is 2.85. The number of hydrogen-bond donors (Lipinski definition) is 0. The Morgan fingerprint density at radius 2 is 2.18 bits per heavy atom. The topological polar surface area (TPSA) is 55.5 Å². The van der Waals surface area contributed by atoms with Crippen LogP contribution in [0, 0.1) is 0 Å². The Labute approximate surface area is 130 Å². The van der Waals surface area contributed by atoms with Gasteiger partial charge in [-0.2, -0.15) is 13.2 Å². The number of halogens is 4. The molecule has 1 aromatic rings. The molecule has 0 saturated carbocycles. The molecule has 122 valence electrons. The van der Waals surface area contributed by atoms with E-state index in [0.717, 1.165) is 0 Å². The van der Waals surface area contributed by atoms with Crippen LogP contribution in [0.15, 0.2) is 29.6 Å². The van der Waals surface area contributed by atoms with Crippen LogP contribution >= 0.6 is 11.6 Å². The van der Waals surface area contributed by atoms with Crippen LogP contribution in [-0.2, 0) is 10.6 Å². The Morgan fingerprint density at radius 1 is 1.50 bits per heavy atom. The third kappa shape index (κ3) is 4.76. The quantitative estimate of drug-likeness (QED) is 0.331. The Hall–Kier alpha value is -2.03. The molecule has 0 aliphatic carbocycles. The third-order valence-corrected chi connectivity index (χ3v) is 2.60. The van der Waals surface area contributed by atoms with Crippen LogP contribution < -0.4 is 5.01 Å². The first kappa shape index (κ1) is 18.0. The van der Waals surface area contributed by atoms with Crippen LogP contribution in [0.25, 0.3) is 0 Å². The molecule has 0 amide bonds. The lowest BCUT2D eigenvalue weighted by Crippen LogP contribution is -2.35. The van der Waals surface area contributed by atoms with Crippen molar-refractivity contribution in [2.75, 3.05) is 25.7 Å². The third-order valence-electron chi connectivity index (χ3n) is 2.36. The summed E-state index contributed by atoms with van der Waals surface area (Å²) in [6.07, 6.45) is -0.469. The van der Waals surface area contributed by atoms with Gasteiger partial charge in [-0.15, -0.1) is 21.8 Å². The molecule has 1 aromatic heterocycles. The molecule has 1 rings (SSSR count). The predicted molar refractivity (Wildman–Crippen MR) is 77.5 cm³/mol. The number of ether oxygens (including phenoxy) is 1. The molecule has 0 fully saturated rings. The van der Waals surface area contributed by atoms with Gasteiger partial charge in [0.15, 0.2) is 18.3 Å². The molecule has 0 aliphatic rings. The first-order chi connectivity index (χ1) is 10.3. The highest BCUT2D eigenvalue weighted by atomic mass is 35.5. The van der Waals surface area contributed by atoms with Crippen molar-refractivity contribution < 1.29 is 17.9 Å². The minimum Gasteiger partial charge on any atom is -0.468 e. The summed E-state index contributed by atoms with van der Waals surface area (Å²) in [6, 6.07) is 0. The normalized spacial score (nSPS) is 12.7. The maximum absolute atomic E-state index is 12.3. The number of alkyl halides is 4. The van der Waals surface area contributed by atoms with Gasteiger partial charge in [-0.3, -0.25) is 4.99 Å². The Balaban J connectivity index is 3.14. The highest BCUT2D eigenvalue weighted by Crippen LogP contribution is 2.18. The Kier molecular flexibility index (Phi) is 6.41. The van der Waals surface area contributed by atoms with Crippen molar-refractivity contribution in [1.82, 2.24) is 14.9 Å². The molecule has 1 heterocycles. The number of aliphatic imine (C=N–C) groups is 1. The fourth-order valence-electron chi connectivity index (χ4n) is 1.54. The Morgan fingerprint density at radius 3 is 2.68 bits per heavy atom. The fourth-order valence-corrected chi connectivity index (χ4v) is 1.70. The van der Waals surface area contributed by atoms with Gasteiger partial charge in [0.05, 0.1) is 12.1 Å². The summed E-state index contributed by atoms with van der Waals surface area (Å²) >= 11 is 5.77. The molecular formula is C12H15ClF3N5O. The van der Waals surface area contributed by atoms with Crippen LogP contribution in [-0.4, -0.2) is 48.0 Å². The highest BCUT2D eigenvalue weighted by Gasteiger charge is 2.30. The summed E-state index contributed by atoms with van der Waals surface area (Å²) in [6.45, 7) is 2.01. The van der Waals surface area contributed by atoms with Crippen LogP contribution in [0.5, 0.6) is 0 Å². The first-order valence-electron chi connectivity index (χ1n) is 6.02. The molecule has 0 unspecified atom stereocenters. The molecule has 0 bridgehead atoms. The molecule has 0 N–H and O–H groups in total. The number of allylic oxidation sites excluding steroid dienone is 2. The van der Waals surface area contributed by atoms with E-state index in [0.29, 0.717) is 11.6 Å². The second-order valence-electron chi connectivity index (χ2n) is 3.98. The standard InChI is InChI=1S/C12H15ClF3N5O/c1-4-5-11(22-8-12(14,15)16)20(3)21-9(6-13)18-19-10(21)7-17-2/h4-5,7H,1,6,8H2,2-3H3/b11-5+,17-7-. The predicted octanol–water partition coefficient (Wildman–Crippen LogP) is 2.24. The van der Waals surface area contributed by atoms with E-state index >= 15 is 0 Å². The van der Waals surface area contributed by atoms with Gasteiger partial charge in [0, 0.05) is 14.1 Å². The number of aromatic nitrogens is 3. The van der Waals surface area contributed by atoms with Gasteiger partial charge in [-0.05, 0) is 6.08 Å². The molecule has 0 saturated heterocycles. The first-order valence-corrected chi connectivity index (χ1v) is 6.56. The van der Waals surface area contributed by atoms with Gasteiger partial charge in [-0.25, -0.2) is 9.69 Å². The molecular weight excluding hydrogens is 323 g/mol. The summed E-state index contributed by atoms with van der Waals surface area (Å²) in [5, 5.41) is 8.99. The zero-order valence-corrected chi connectivity index (χ0v) is 12.8. The van der Waals surface area contributed by atoms with E-state index < -0.39 is 12.8 Å². The summed E-state index contributed by atoms with van der Waals surface area (Å²) in [7, 11) is 3.01. The summed E-state index contributed by atoms with van der Waals surface area (Å²) in [5.74, 6) is 0.537. The Bertz CT molecular complexity index is 568. The molecule has 0 radical (unpaired) electrons. The molecule has 6 nitrogen and oxygen atoms in total. The average molecular weight is 338 g/mol. The van der Waals surface area contributed by atoms with E-state index in [-0.39, 0.29) is 11.8 Å². The van der Waals surface area contributed by atoms with Crippen LogP contribution in [0.2, 0.25) is 0 Å². The maximum atomic E-state index is 12.3. The summed E-state index contributed by atoms with van der Waals surface area (Å²) in [4.78, 5) is 3.81. The van der Waals surface area contributed by atoms with Gasteiger partial charge in [0.2, 0.25) is 5.88 Å². The van der Waals surface area contributed by atoms with Crippen molar-refractivity contribution in [2.24, 2.45) is 4.99 Å². The molecule has 0 aromatic carbocycles. The second-order valence-corrected chi connectivity index (χ2v) is 4.24. The minimum atomic E-state index is -4.46. The summed E-state index contributed by atoms with van der Waals surface area (Å²) in [5.41, 5.74) is 0. The van der Waals surface area contributed by atoms with Crippen molar-refractivity contribution in [3.05, 3.63) is 36.3 Å². The van der Waals surface area contributed by atoms with E-state index in [4.69, 9.17) is 16.3 Å². The van der Waals surface area contributed by atoms with Gasteiger partial charge in [0.25, 0.3) is 0 Å². The lowest BCUT2D eigenvalue weighted by Gasteiger charge is -2.25. The molecule has 22 heavy (non-hydrogen) atoms. The van der Waals surface area contributed by atoms with Gasteiger partial charge in [-0.1, -0.05) is 12.7 Å². The zero-order valence-electron chi connectivity index (χ0n) is 12.0. The van der Waals surface area contributed by atoms with E-state index in [1.54, 1.807) is 0 Å². The van der Waals surface area contributed by atoms with Gasteiger partial charge in [0.1, 0.15) is 0 Å². The number of rotatable bonds is 7. The fraction of sp³-hybridized carbons (Fsp3) is 0.417. The highest BCUT2D eigenvalue weighted by molar-refractivity contribution is 6.16. The van der Waals surface area contributed by atoms with Crippen molar-refractivity contribution in [3.8, 4) is 0 Å². The monoisotopic (exact) mass is 337 g/mol. The van der Waals surface area contributed by atoms with Crippen molar-refractivity contribution in [2.45, 2.75) is 12.1 Å². The van der Waals surface area contributed by atoms with Gasteiger partial charge < -0.3 is 4.74 Å². The van der Waals surface area contributed by atoms with Crippen molar-refractivity contribution >= 4 is 17.8 Å². The van der Waals surface area contributed by atoms with Crippen molar-refractivity contribution in [1.29, 1.82) is 0 Å². The van der Waals surface area contributed by atoms with E-state index in [1.165, 1.54) is 42.1 Å². The molecule has 0 atom stereocenters. The largest absolute Gasteiger partial charge is 0.468 e. The smallest absolute Gasteiger partial charge is 0.422 e. The van der Waals surface area contributed by atoms with Crippen LogP contribution in [0.3, 0.4) is 0 Å². The SMILES string of the molecule is C=C/C=C(/OCC(F)(F)F)N(C)n1c(/C=N\C)nnc1CCl. The van der Waals surface area contributed by atoms with Crippen molar-refractivity contribution in [3.63, 3.8) is 0 Å². The molecule has 10 heteroatoms. The lowest BCUT2D eigenvalue weighted by molar-refractivity contribution is -0.165. The molecule has 0 aliphatic heterocycles. The van der Waals surface area contributed by atoms with E-state index in [2.05, 4.69) is 21.8 Å². The maximum Gasteiger partial charge on any atom is 0.422 e. The van der Waals surface area contributed by atoms with E-state index in [9.17, 15) is 13.2 Å². The summed E-state index contributed by atoms with van der Waals surface area (Å²) < 4.78 is 43.2. The van der Waals surface area contributed by atoms with Crippen LogP contribution in [0.1, 0.15) is 11.6 Å². The number of nitrogens with zero attached hydrogens (tertiary/aromatic N) is 5. The van der Waals surface area contributed by atoms with E-state index in [1.807, 2.05) is 0 Å². The second kappa shape index (κ2) is 7.83.